The number of rotatable bonds is 5. The summed E-state index contributed by atoms with van der Waals surface area (Å²) in [5.74, 6) is 1.46. The highest BCUT2D eigenvalue weighted by atomic mass is 32.2. The molecule has 3 aromatic rings. The first kappa shape index (κ1) is 17.5. The van der Waals surface area contributed by atoms with Crippen LogP contribution in [0.15, 0.2) is 34.2 Å². The van der Waals surface area contributed by atoms with Gasteiger partial charge in [-0.15, -0.1) is 11.3 Å². The van der Waals surface area contributed by atoms with Gasteiger partial charge in [0, 0.05) is 10.3 Å². The van der Waals surface area contributed by atoms with Crippen LogP contribution in [0.4, 0.5) is 0 Å². The smallest absolute Gasteiger partial charge is 0.233 e. The van der Waals surface area contributed by atoms with Crippen molar-refractivity contribution >= 4 is 39.2 Å². The highest BCUT2D eigenvalue weighted by molar-refractivity contribution is 8.00. The van der Waals surface area contributed by atoms with Gasteiger partial charge in [-0.1, -0.05) is 18.7 Å². The second-order valence-electron chi connectivity index (χ2n) is 6.77. The number of fused-ring (bicyclic) bond motifs is 3. The van der Waals surface area contributed by atoms with Gasteiger partial charge in [-0.05, 0) is 49.8 Å². The second kappa shape index (κ2) is 7.40. The molecule has 4 rings (SSSR count). The van der Waals surface area contributed by atoms with Gasteiger partial charge in [0.25, 0.3) is 0 Å². The van der Waals surface area contributed by atoms with Gasteiger partial charge in [0.2, 0.25) is 5.91 Å². The molecule has 7 heteroatoms. The van der Waals surface area contributed by atoms with Crippen LogP contribution in [0, 0.1) is 5.92 Å². The quantitative estimate of drug-likeness (QED) is 0.525. The van der Waals surface area contributed by atoms with E-state index >= 15 is 0 Å². The van der Waals surface area contributed by atoms with E-state index in [1.54, 1.807) is 23.9 Å². The summed E-state index contributed by atoms with van der Waals surface area (Å²) in [7, 11) is 0. The Morgan fingerprint density at radius 3 is 3.19 bits per heavy atom. The van der Waals surface area contributed by atoms with Crippen LogP contribution in [-0.2, 0) is 24.2 Å². The molecule has 0 aliphatic heterocycles. The molecule has 0 bridgehead atoms. The zero-order valence-corrected chi connectivity index (χ0v) is 16.5. The van der Waals surface area contributed by atoms with Gasteiger partial charge in [0.1, 0.15) is 21.9 Å². The lowest BCUT2D eigenvalue weighted by atomic mass is 9.89. The molecular formula is C19H21N3O2S2. The molecule has 3 heterocycles. The van der Waals surface area contributed by atoms with Crippen molar-refractivity contribution in [3.05, 3.63) is 40.9 Å². The number of aryl methyl sites for hydroxylation is 1. The average Bonchev–Trinajstić information content (AvgIpc) is 3.26. The van der Waals surface area contributed by atoms with Crippen LogP contribution in [0.1, 0.15) is 36.5 Å². The van der Waals surface area contributed by atoms with Crippen LogP contribution < -0.4 is 5.32 Å². The number of carbonyl (C=O) groups is 1. The van der Waals surface area contributed by atoms with E-state index < -0.39 is 0 Å². The molecule has 1 N–H and O–H groups in total. The molecule has 0 aromatic carbocycles. The molecule has 1 aliphatic carbocycles. The number of thiophene rings is 1. The standard InChI is InChI=1S/C19H21N3O2S2/c1-11-5-6-14-15(8-11)26-19-16(14)18(21-10-22-19)25-12(2)17(23)20-9-13-4-3-7-24-13/h3-4,7,10-12H,5-6,8-9H2,1-2H3,(H,20,23)/t11-,12-/m1/s1. The molecule has 26 heavy (non-hydrogen) atoms. The molecule has 0 unspecified atom stereocenters. The first-order valence-electron chi connectivity index (χ1n) is 8.84. The summed E-state index contributed by atoms with van der Waals surface area (Å²) in [6, 6.07) is 3.67. The minimum absolute atomic E-state index is 0.0177. The molecule has 136 valence electrons. The molecule has 1 amide bonds. The lowest BCUT2D eigenvalue weighted by Crippen LogP contribution is -2.30. The minimum atomic E-state index is -0.235. The number of hydrogen-bond donors (Lipinski definition) is 1. The third-order valence-electron chi connectivity index (χ3n) is 4.73. The third kappa shape index (κ3) is 3.50. The molecule has 0 radical (unpaired) electrons. The zero-order valence-electron chi connectivity index (χ0n) is 14.8. The first-order chi connectivity index (χ1) is 12.6. The van der Waals surface area contributed by atoms with Crippen LogP contribution in [0.5, 0.6) is 0 Å². The Hall–Kier alpha value is -1.86. The lowest BCUT2D eigenvalue weighted by Gasteiger charge is -2.18. The lowest BCUT2D eigenvalue weighted by molar-refractivity contribution is -0.120. The van der Waals surface area contributed by atoms with E-state index in [1.807, 2.05) is 19.1 Å². The number of nitrogens with zero attached hydrogens (tertiary/aromatic N) is 2. The number of carbonyl (C=O) groups excluding carboxylic acids is 1. The maximum Gasteiger partial charge on any atom is 0.233 e. The summed E-state index contributed by atoms with van der Waals surface area (Å²) < 4.78 is 5.26. The van der Waals surface area contributed by atoms with E-state index in [0.29, 0.717) is 6.54 Å². The Balaban J connectivity index is 1.52. The number of aromatic nitrogens is 2. The molecule has 1 aliphatic rings. The van der Waals surface area contributed by atoms with Crippen molar-refractivity contribution in [2.24, 2.45) is 5.92 Å². The summed E-state index contributed by atoms with van der Waals surface area (Å²) >= 11 is 3.29. The van der Waals surface area contributed by atoms with Gasteiger partial charge in [-0.3, -0.25) is 4.79 Å². The molecule has 2 atom stereocenters. The van der Waals surface area contributed by atoms with Gasteiger partial charge in [0.15, 0.2) is 0 Å². The van der Waals surface area contributed by atoms with Gasteiger partial charge in [-0.25, -0.2) is 9.97 Å². The molecule has 0 fully saturated rings. The fourth-order valence-electron chi connectivity index (χ4n) is 3.29. The minimum Gasteiger partial charge on any atom is -0.467 e. The number of thioether (sulfide) groups is 1. The van der Waals surface area contributed by atoms with E-state index in [2.05, 4.69) is 22.2 Å². The number of furan rings is 1. The van der Waals surface area contributed by atoms with Crippen LogP contribution in [0.3, 0.4) is 0 Å². The Morgan fingerprint density at radius 1 is 1.50 bits per heavy atom. The Kier molecular flexibility index (Phi) is 5.00. The first-order valence-corrected chi connectivity index (χ1v) is 10.5. The summed E-state index contributed by atoms with van der Waals surface area (Å²) in [6.45, 7) is 4.62. The largest absolute Gasteiger partial charge is 0.467 e. The Labute approximate surface area is 160 Å². The monoisotopic (exact) mass is 387 g/mol. The van der Waals surface area contributed by atoms with Crippen LogP contribution in [0.25, 0.3) is 10.2 Å². The van der Waals surface area contributed by atoms with Crippen molar-refractivity contribution in [2.75, 3.05) is 0 Å². The Bertz CT molecular complexity index is 920. The maximum atomic E-state index is 12.4. The normalized spacial score (nSPS) is 17.8. The SMILES string of the molecule is C[C@@H]1CCc2c(sc3ncnc(S[C@H](C)C(=O)NCc4ccco4)c23)C1. The van der Waals surface area contributed by atoms with Crippen molar-refractivity contribution in [3.63, 3.8) is 0 Å². The van der Waals surface area contributed by atoms with Crippen molar-refractivity contribution in [3.8, 4) is 0 Å². The number of amides is 1. The molecule has 5 nitrogen and oxygen atoms in total. The van der Waals surface area contributed by atoms with E-state index in [0.717, 1.165) is 39.8 Å². The summed E-state index contributed by atoms with van der Waals surface area (Å²) in [4.78, 5) is 23.9. The van der Waals surface area contributed by atoms with Gasteiger partial charge >= 0.3 is 0 Å². The fraction of sp³-hybridized carbons (Fsp3) is 0.421. The highest BCUT2D eigenvalue weighted by Gasteiger charge is 2.25. The number of nitrogens with one attached hydrogen (secondary N) is 1. The van der Waals surface area contributed by atoms with Crippen molar-refractivity contribution < 1.29 is 9.21 Å². The predicted molar refractivity (Wildman–Crippen MR) is 104 cm³/mol. The Morgan fingerprint density at radius 2 is 2.38 bits per heavy atom. The van der Waals surface area contributed by atoms with Gasteiger partial charge < -0.3 is 9.73 Å². The molecule has 3 aromatic heterocycles. The van der Waals surface area contributed by atoms with Crippen molar-refractivity contribution in [1.82, 2.24) is 15.3 Å². The van der Waals surface area contributed by atoms with Gasteiger partial charge in [-0.2, -0.15) is 0 Å². The van der Waals surface area contributed by atoms with Crippen molar-refractivity contribution in [1.29, 1.82) is 0 Å². The molecular weight excluding hydrogens is 366 g/mol. The predicted octanol–water partition coefficient (Wildman–Crippen LogP) is 4.21. The molecule has 0 saturated carbocycles. The topological polar surface area (TPSA) is 68.0 Å². The second-order valence-corrected chi connectivity index (χ2v) is 9.18. The zero-order chi connectivity index (χ0) is 18.1. The van der Waals surface area contributed by atoms with Crippen LogP contribution in [0.2, 0.25) is 0 Å². The summed E-state index contributed by atoms with van der Waals surface area (Å²) in [5.41, 5.74) is 1.40. The third-order valence-corrected chi connectivity index (χ3v) is 6.99. The summed E-state index contributed by atoms with van der Waals surface area (Å²) in [5, 5.41) is 4.77. The maximum absolute atomic E-state index is 12.4. The highest BCUT2D eigenvalue weighted by Crippen LogP contribution is 2.41. The number of hydrogen-bond acceptors (Lipinski definition) is 6. The van der Waals surface area contributed by atoms with E-state index in [-0.39, 0.29) is 11.2 Å². The molecule has 0 spiro atoms. The fourth-order valence-corrected chi connectivity index (χ4v) is 5.67. The summed E-state index contributed by atoms with van der Waals surface area (Å²) in [6.07, 6.45) is 6.63. The van der Waals surface area contributed by atoms with E-state index in [9.17, 15) is 4.79 Å². The van der Waals surface area contributed by atoms with Crippen molar-refractivity contribution in [2.45, 2.75) is 49.9 Å². The molecule has 0 saturated heterocycles. The van der Waals surface area contributed by atoms with Crippen LogP contribution in [-0.4, -0.2) is 21.1 Å². The van der Waals surface area contributed by atoms with E-state index in [4.69, 9.17) is 4.42 Å². The van der Waals surface area contributed by atoms with Gasteiger partial charge in [0.05, 0.1) is 18.1 Å². The van der Waals surface area contributed by atoms with Crippen LogP contribution >= 0.6 is 23.1 Å². The average molecular weight is 388 g/mol. The van der Waals surface area contributed by atoms with E-state index in [1.165, 1.54) is 28.6 Å².